The summed E-state index contributed by atoms with van der Waals surface area (Å²) in [6, 6.07) is 3.41. The average Bonchev–Trinajstić information content (AvgIpc) is 2.88. The molecule has 2 rings (SSSR count). The molecule has 0 aliphatic heterocycles. The first-order valence-corrected chi connectivity index (χ1v) is 6.63. The van der Waals surface area contributed by atoms with Crippen LogP contribution in [-0.4, -0.2) is 27.8 Å². The van der Waals surface area contributed by atoms with Crippen LogP contribution in [0, 0.1) is 0 Å². The number of ether oxygens (including phenoxy) is 1. The van der Waals surface area contributed by atoms with Crippen molar-refractivity contribution in [2.45, 2.75) is 32.4 Å². The van der Waals surface area contributed by atoms with E-state index >= 15 is 0 Å². The van der Waals surface area contributed by atoms with Gasteiger partial charge in [-0.05, 0) is 32.9 Å². The molecular formula is C13H17ClN4O2. The Balaban J connectivity index is 2.17. The van der Waals surface area contributed by atoms with Gasteiger partial charge in [-0.1, -0.05) is 16.8 Å². The number of nitrogens with two attached hydrogens (primary N) is 1. The van der Waals surface area contributed by atoms with Gasteiger partial charge in [0.2, 0.25) is 0 Å². The Labute approximate surface area is 122 Å². The minimum absolute atomic E-state index is 0.0854. The zero-order chi connectivity index (χ0) is 14.8. The van der Waals surface area contributed by atoms with E-state index in [0.29, 0.717) is 29.0 Å². The van der Waals surface area contributed by atoms with Gasteiger partial charge in [-0.2, -0.15) is 4.98 Å². The third kappa shape index (κ3) is 3.53. The number of pyridine rings is 1. The van der Waals surface area contributed by atoms with Crippen LogP contribution in [0.1, 0.15) is 26.6 Å². The van der Waals surface area contributed by atoms with Gasteiger partial charge in [0.15, 0.2) is 5.82 Å². The molecule has 0 spiro atoms. The molecule has 2 N–H and O–H groups in total. The molecule has 0 saturated carbocycles. The first-order chi connectivity index (χ1) is 9.38. The van der Waals surface area contributed by atoms with Crippen molar-refractivity contribution in [1.29, 1.82) is 0 Å². The molecule has 0 radical (unpaired) electrons. The topological polar surface area (TPSA) is 87.1 Å². The zero-order valence-electron chi connectivity index (χ0n) is 11.6. The lowest BCUT2D eigenvalue weighted by molar-refractivity contribution is 0.0410. The largest absolute Gasteiger partial charge is 0.376 e. The summed E-state index contributed by atoms with van der Waals surface area (Å²) >= 11 is 5.78. The van der Waals surface area contributed by atoms with E-state index in [2.05, 4.69) is 15.1 Å². The van der Waals surface area contributed by atoms with Gasteiger partial charge in [0.1, 0.15) is 11.2 Å². The molecule has 2 heterocycles. The van der Waals surface area contributed by atoms with Crippen molar-refractivity contribution in [3.05, 3.63) is 29.2 Å². The van der Waals surface area contributed by atoms with E-state index in [1.54, 1.807) is 19.1 Å². The molecule has 2 aromatic heterocycles. The molecule has 20 heavy (non-hydrogen) atoms. The van der Waals surface area contributed by atoms with Crippen molar-refractivity contribution in [3.63, 3.8) is 0 Å². The monoisotopic (exact) mass is 296 g/mol. The van der Waals surface area contributed by atoms with E-state index in [-0.39, 0.29) is 6.10 Å². The van der Waals surface area contributed by atoms with Crippen LogP contribution in [0.2, 0.25) is 5.02 Å². The predicted molar refractivity (Wildman–Crippen MR) is 75.2 cm³/mol. The lowest BCUT2D eigenvalue weighted by atomic mass is 10.1. The van der Waals surface area contributed by atoms with Gasteiger partial charge in [-0.15, -0.1) is 0 Å². The molecule has 0 bridgehead atoms. The molecule has 0 aliphatic carbocycles. The molecule has 1 unspecified atom stereocenters. The minimum atomic E-state index is -0.821. The third-order valence-corrected chi connectivity index (χ3v) is 2.82. The van der Waals surface area contributed by atoms with Crippen molar-refractivity contribution in [2.75, 3.05) is 6.61 Å². The first-order valence-electron chi connectivity index (χ1n) is 6.25. The van der Waals surface area contributed by atoms with Gasteiger partial charge >= 0.3 is 0 Å². The zero-order valence-corrected chi connectivity index (χ0v) is 12.4. The number of halogens is 1. The third-order valence-electron chi connectivity index (χ3n) is 2.60. The van der Waals surface area contributed by atoms with E-state index in [9.17, 15) is 0 Å². The van der Waals surface area contributed by atoms with Crippen molar-refractivity contribution >= 4 is 11.6 Å². The average molecular weight is 297 g/mol. The van der Waals surface area contributed by atoms with Crippen LogP contribution in [0.3, 0.4) is 0 Å². The normalized spacial score (nSPS) is 14.5. The van der Waals surface area contributed by atoms with Crippen molar-refractivity contribution in [2.24, 2.45) is 5.73 Å². The summed E-state index contributed by atoms with van der Waals surface area (Å²) in [5.41, 5.74) is 5.88. The SMILES string of the molecule is CC(C)OCC(C)(N)c1noc(-c2ccc(Cl)cn2)n1. The number of hydrogen-bond acceptors (Lipinski definition) is 6. The first kappa shape index (κ1) is 14.9. The molecule has 2 aromatic rings. The highest BCUT2D eigenvalue weighted by Crippen LogP contribution is 2.21. The number of aromatic nitrogens is 3. The van der Waals surface area contributed by atoms with E-state index in [1.807, 2.05) is 13.8 Å². The molecule has 0 amide bonds. The standard InChI is InChI=1S/C13H17ClN4O2/c1-8(2)19-7-13(3,15)12-17-11(20-18-12)10-5-4-9(14)6-16-10/h4-6,8H,7,15H2,1-3H3. The molecule has 0 aliphatic rings. The maximum atomic E-state index is 6.15. The van der Waals surface area contributed by atoms with Crippen molar-refractivity contribution in [3.8, 4) is 11.6 Å². The van der Waals surface area contributed by atoms with Crippen LogP contribution in [0.15, 0.2) is 22.9 Å². The van der Waals surface area contributed by atoms with Crippen LogP contribution in [0.5, 0.6) is 0 Å². The lowest BCUT2D eigenvalue weighted by Gasteiger charge is -2.21. The summed E-state index contributed by atoms with van der Waals surface area (Å²) in [5.74, 6) is 0.683. The Morgan fingerprint density at radius 3 is 2.80 bits per heavy atom. The smallest absolute Gasteiger partial charge is 0.276 e. The predicted octanol–water partition coefficient (Wildman–Crippen LogP) is 2.38. The molecule has 0 saturated heterocycles. The lowest BCUT2D eigenvalue weighted by Crippen LogP contribution is -2.40. The molecule has 0 aromatic carbocycles. The van der Waals surface area contributed by atoms with E-state index in [4.69, 9.17) is 26.6 Å². The Bertz CT molecular complexity index is 566. The molecule has 1 atom stereocenters. The van der Waals surface area contributed by atoms with Crippen LogP contribution in [0.25, 0.3) is 11.6 Å². The fraction of sp³-hybridized carbons (Fsp3) is 0.462. The maximum absolute atomic E-state index is 6.15. The Morgan fingerprint density at radius 1 is 1.45 bits per heavy atom. The van der Waals surface area contributed by atoms with Crippen LogP contribution in [0.4, 0.5) is 0 Å². The molecule has 0 fully saturated rings. The molecular weight excluding hydrogens is 280 g/mol. The summed E-state index contributed by atoms with van der Waals surface area (Å²) in [6.07, 6.45) is 1.60. The van der Waals surface area contributed by atoms with Gasteiger partial charge in [-0.3, -0.25) is 0 Å². The summed E-state index contributed by atoms with van der Waals surface area (Å²) in [5, 5.41) is 4.44. The second kappa shape index (κ2) is 5.87. The number of hydrogen-bond donors (Lipinski definition) is 1. The molecule has 7 heteroatoms. The second-order valence-corrected chi connectivity index (χ2v) is 5.50. The maximum Gasteiger partial charge on any atom is 0.276 e. The van der Waals surface area contributed by atoms with E-state index < -0.39 is 5.54 Å². The van der Waals surface area contributed by atoms with E-state index in [1.165, 1.54) is 6.20 Å². The highest BCUT2D eigenvalue weighted by atomic mass is 35.5. The van der Waals surface area contributed by atoms with Gasteiger partial charge in [-0.25, -0.2) is 4.98 Å². The summed E-state index contributed by atoms with van der Waals surface area (Å²) in [7, 11) is 0. The summed E-state index contributed by atoms with van der Waals surface area (Å²) in [6.45, 7) is 5.97. The van der Waals surface area contributed by atoms with E-state index in [0.717, 1.165) is 0 Å². The number of nitrogens with zero attached hydrogens (tertiary/aromatic N) is 3. The summed E-state index contributed by atoms with van der Waals surface area (Å²) in [4.78, 5) is 8.39. The number of rotatable bonds is 5. The quantitative estimate of drug-likeness (QED) is 0.911. The van der Waals surface area contributed by atoms with Crippen LogP contribution < -0.4 is 5.73 Å². The minimum Gasteiger partial charge on any atom is -0.376 e. The molecule has 6 nitrogen and oxygen atoms in total. The van der Waals surface area contributed by atoms with Gasteiger partial charge < -0.3 is 15.0 Å². The Morgan fingerprint density at radius 2 is 2.20 bits per heavy atom. The Hall–Kier alpha value is -1.50. The van der Waals surface area contributed by atoms with Crippen molar-refractivity contribution < 1.29 is 9.26 Å². The van der Waals surface area contributed by atoms with Gasteiger partial charge in [0, 0.05) is 6.20 Å². The Kier molecular flexibility index (Phi) is 4.37. The fourth-order valence-corrected chi connectivity index (χ4v) is 1.58. The second-order valence-electron chi connectivity index (χ2n) is 5.06. The van der Waals surface area contributed by atoms with Gasteiger partial charge in [0.05, 0.1) is 17.7 Å². The van der Waals surface area contributed by atoms with Gasteiger partial charge in [0.25, 0.3) is 5.89 Å². The van der Waals surface area contributed by atoms with Crippen LogP contribution in [-0.2, 0) is 10.3 Å². The highest BCUT2D eigenvalue weighted by molar-refractivity contribution is 6.30. The fourth-order valence-electron chi connectivity index (χ4n) is 1.47. The van der Waals surface area contributed by atoms with Crippen LogP contribution >= 0.6 is 11.6 Å². The highest BCUT2D eigenvalue weighted by Gasteiger charge is 2.28. The van der Waals surface area contributed by atoms with Crippen molar-refractivity contribution in [1.82, 2.24) is 15.1 Å². The summed E-state index contributed by atoms with van der Waals surface area (Å²) < 4.78 is 10.7. The molecule has 108 valence electrons.